The van der Waals surface area contributed by atoms with Crippen LogP contribution in [0.15, 0.2) is 39.8 Å². The number of carbonyl (C=O) groups is 2. The first-order valence-corrected chi connectivity index (χ1v) is 10.1. The summed E-state index contributed by atoms with van der Waals surface area (Å²) >= 11 is 6.15. The van der Waals surface area contributed by atoms with Crippen LogP contribution in [0.25, 0.3) is 0 Å². The van der Waals surface area contributed by atoms with Crippen molar-refractivity contribution in [3.8, 4) is 0 Å². The van der Waals surface area contributed by atoms with E-state index in [2.05, 4.69) is 4.72 Å². The van der Waals surface area contributed by atoms with E-state index in [0.29, 0.717) is 12.0 Å². The number of anilines is 1. The highest BCUT2D eigenvalue weighted by Gasteiger charge is 2.28. The molecule has 1 aromatic heterocycles. The fourth-order valence-corrected chi connectivity index (χ4v) is 3.61. The number of carbonyl (C=O) groups excluding carboxylic acids is 2. The van der Waals surface area contributed by atoms with Gasteiger partial charge in [0.1, 0.15) is 16.3 Å². The predicted molar refractivity (Wildman–Crippen MR) is 104 cm³/mol. The molecule has 1 N–H and O–H groups in total. The average Bonchev–Trinajstić information content (AvgIpc) is 3.11. The SMILES string of the molecule is CNS(=O)(=O)c1cc(C=O)c(N(Cc2ccco2)C(=O)OC(C)(C)C)cc1Cl. The summed E-state index contributed by atoms with van der Waals surface area (Å²) in [6.45, 7) is 5.06. The number of furan rings is 1. The van der Waals surface area contributed by atoms with E-state index in [9.17, 15) is 18.0 Å². The molecular weight excluding hydrogens is 408 g/mol. The monoisotopic (exact) mass is 428 g/mol. The number of ether oxygens (including phenoxy) is 1. The minimum absolute atomic E-state index is 0.0444. The highest BCUT2D eigenvalue weighted by Crippen LogP contribution is 2.32. The van der Waals surface area contributed by atoms with Gasteiger partial charge in [0.05, 0.1) is 23.5 Å². The van der Waals surface area contributed by atoms with E-state index in [1.54, 1.807) is 32.9 Å². The number of nitrogens with zero attached hydrogens (tertiary/aromatic N) is 1. The first kappa shape index (κ1) is 21.9. The summed E-state index contributed by atoms with van der Waals surface area (Å²) in [5.74, 6) is 0.436. The van der Waals surface area contributed by atoms with Gasteiger partial charge >= 0.3 is 6.09 Å². The predicted octanol–water partition coefficient (Wildman–Crippen LogP) is 3.60. The molecule has 0 bridgehead atoms. The lowest BCUT2D eigenvalue weighted by molar-refractivity contribution is 0.0575. The summed E-state index contributed by atoms with van der Waals surface area (Å²) in [5, 5.41) is -0.150. The Labute approximate surface area is 168 Å². The van der Waals surface area contributed by atoms with Gasteiger partial charge in [-0.05, 0) is 52.1 Å². The van der Waals surface area contributed by atoms with Gasteiger partial charge in [-0.25, -0.2) is 17.9 Å². The Hall–Kier alpha value is -2.36. The van der Waals surface area contributed by atoms with Crippen molar-refractivity contribution in [2.24, 2.45) is 0 Å². The molecule has 1 heterocycles. The van der Waals surface area contributed by atoms with Gasteiger partial charge in [0.2, 0.25) is 10.0 Å². The number of sulfonamides is 1. The quantitative estimate of drug-likeness (QED) is 0.704. The van der Waals surface area contributed by atoms with Crippen LogP contribution in [-0.2, 0) is 21.3 Å². The van der Waals surface area contributed by atoms with E-state index in [4.69, 9.17) is 20.8 Å². The maximum atomic E-state index is 12.8. The molecule has 0 aliphatic rings. The van der Waals surface area contributed by atoms with Crippen molar-refractivity contribution < 1.29 is 27.2 Å². The second kappa shape index (κ2) is 8.34. The van der Waals surface area contributed by atoms with Crippen LogP contribution in [-0.4, -0.2) is 33.4 Å². The molecule has 8 nitrogen and oxygen atoms in total. The highest BCUT2D eigenvalue weighted by molar-refractivity contribution is 7.89. The van der Waals surface area contributed by atoms with Crippen LogP contribution >= 0.6 is 11.6 Å². The lowest BCUT2D eigenvalue weighted by Gasteiger charge is -2.28. The number of nitrogens with one attached hydrogen (secondary N) is 1. The average molecular weight is 429 g/mol. The first-order chi connectivity index (χ1) is 13.0. The Morgan fingerprint density at radius 3 is 2.54 bits per heavy atom. The number of benzene rings is 1. The molecule has 0 aliphatic heterocycles. The molecule has 0 atom stereocenters. The molecule has 0 fully saturated rings. The van der Waals surface area contributed by atoms with Gasteiger partial charge < -0.3 is 9.15 Å². The Kier molecular flexibility index (Phi) is 6.53. The van der Waals surface area contributed by atoms with E-state index in [-0.39, 0.29) is 27.7 Å². The van der Waals surface area contributed by atoms with Gasteiger partial charge in [0.15, 0.2) is 6.29 Å². The molecule has 28 heavy (non-hydrogen) atoms. The van der Waals surface area contributed by atoms with E-state index >= 15 is 0 Å². The maximum Gasteiger partial charge on any atom is 0.415 e. The Bertz CT molecular complexity index is 965. The number of rotatable bonds is 6. The van der Waals surface area contributed by atoms with Crippen molar-refractivity contribution in [2.45, 2.75) is 37.8 Å². The summed E-state index contributed by atoms with van der Waals surface area (Å²) in [6.07, 6.45) is 1.14. The number of amides is 1. The van der Waals surface area contributed by atoms with Crippen molar-refractivity contribution in [3.05, 3.63) is 46.9 Å². The van der Waals surface area contributed by atoms with Gasteiger partial charge in [0, 0.05) is 5.56 Å². The zero-order valence-electron chi connectivity index (χ0n) is 15.9. The molecule has 2 rings (SSSR count). The number of hydrogen-bond donors (Lipinski definition) is 1. The number of hydrogen-bond acceptors (Lipinski definition) is 6. The summed E-state index contributed by atoms with van der Waals surface area (Å²) < 4.78 is 37.1. The number of aldehydes is 1. The molecule has 0 saturated carbocycles. The van der Waals surface area contributed by atoms with E-state index in [1.807, 2.05) is 0 Å². The zero-order chi connectivity index (χ0) is 21.1. The van der Waals surface area contributed by atoms with Crippen LogP contribution in [0.4, 0.5) is 10.5 Å². The van der Waals surface area contributed by atoms with Crippen molar-refractivity contribution in [2.75, 3.05) is 11.9 Å². The normalized spacial score (nSPS) is 11.9. The van der Waals surface area contributed by atoms with Gasteiger partial charge in [-0.15, -0.1) is 0 Å². The summed E-state index contributed by atoms with van der Waals surface area (Å²) in [4.78, 5) is 25.3. The van der Waals surface area contributed by atoms with E-state index < -0.39 is 21.7 Å². The topological polar surface area (TPSA) is 106 Å². The molecule has 0 radical (unpaired) electrons. The molecule has 0 spiro atoms. The summed E-state index contributed by atoms with van der Waals surface area (Å²) in [7, 11) is -2.67. The maximum absolute atomic E-state index is 12.8. The van der Waals surface area contributed by atoms with Crippen molar-refractivity contribution >= 4 is 39.7 Å². The molecule has 1 amide bonds. The molecule has 2 aromatic rings. The van der Waals surface area contributed by atoms with Crippen molar-refractivity contribution in [3.63, 3.8) is 0 Å². The van der Waals surface area contributed by atoms with Gasteiger partial charge in [-0.1, -0.05) is 11.6 Å². The summed E-state index contributed by atoms with van der Waals surface area (Å²) in [6, 6.07) is 5.65. The van der Waals surface area contributed by atoms with Crippen LogP contribution < -0.4 is 9.62 Å². The third kappa shape index (κ3) is 5.12. The Balaban J connectivity index is 2.59. The molecule has 0 saturated heterocycles. The molecular formula is C18H21ClN2O6S. The molecule has 0 aliphatic carbocycles. The Morgan fingerprint density at radius 2 is 2.04 bits per heavy atom. The van der Waals surface area contributed by atoms with Gasteiger partial charge in [-0.3, -0.25) is 9.69 Å². The minimum atomic E-state index is -3.90. The molecule has 10 heteroatoms. The zero-order valence-corrected chi connectivity index (χ0v) is 17.4. The van der Waals surface area contributed by atoms with Gasteiger partial charge in [0.25, 0.3) is 0 Å². The molecule has 152 valence electrons. The fraction of sp³-hybridized carbons (Fsp3) is 0.333. The smallest absolute Gasteiger partial charge is 0.415 e. The lowest BCUT2D eigenvalue weighted by Crippen LogP contribution is -2.37. The lowest BCUT2D eigenvalue weighted by atomic mass is 10.1. The van der Waals surface area contributed by atoms with E-state index in [0.717, 1.165) is 11.0 Å². The summed E-state index contributed by atoms with van der Waals surface area (Å²) in [5.41, 5.74) is -0.740. The minimum Gasteiger partial charge on any atom is -0.467 e. The third-order valence-electron chi connectivity index (χ3n) is 3.57. The van der Waals surface area contributed by atoms with Gasteiger partial charge in [-0.2, -0.15) is 0 Å². The molecule has 0 unspecified atom stereocenters. The van der Waals surface area contributed by atoms with Crippen molar-refractivity contribution in [1.82, 2.24) is 4.72 Å². The molecule has 1 aromatic carbocycles. The highest BCUT2D eigenvalue weighted by atomic mass is 35.5. The second-order valence-electron chi connectivity index (χ2n) is 6.81. The second-order valence-corrected chi connectivity index (χ2v) is 9.07. The van der Waals surface area contributed by atoms with E-state index in [1.165, 1.54) is 19.4 Å². The third-order valence-corrected chi connectivity index (χ3v) is 5.44. The van der Waals surface area contributed by atoms with Crippen LogP contribution in [0.3, 0.4) is 0 Å². The fourth-order valence-electron chi connectivity index (χ4n) is 2.33. The van der Waals surface area contributed by atoms with Crippen LogP contribution in [0.1, 0.15) is 36.9 Å². The standard InChI is InChI=1S/C18H21ClN2O6S/c1-18(2,3)27-17(23)21(10-13-6-5-7-26-13)15-9-14(19)16(8-12(15)11-22)28(24,25)20-4/h5-9,11,20H,10H2,1-4H3. The first-order valence-electron chi connectivity index (χ1n) is 8.23. The van der Waals surface area contributed by atoms with Crippen LogP contribution in [0.2, 0.25) is 5.02 Å². The van der Waals surface area contributed by atoms with Crippen LogP contribution in [0, 0.1) is 0 Å². The largest absolute Gasteiger partial charge is 0.467 e. The Morgan fingerprint density at radius 1 is 1.36 bits per heavy atom. The van der Waals surface area contributed by atoms with Crippen molar-refractivity contribution in [1.29, 1.82) is 0 Å². The number of halogens is 1. The van der Waals surface area contributed by atoms with Crippen LogP contribution in [0.5, 0.6) is 0 Å².